The Balaban J connectivity index is 1.94. The number of urea groups is 1. The summed E-state index contributed by atoms with van der Waals surface area (Å²) in [5, 5.41) is 17.0. The summed E-state index contributed by atoms with van der Waals surface area (Å²) in [5.41, 5.74) is 2.95. The molecule has 10 nitrogen and oxygen atoms in total. The summed E-state index contributed by atoms with van der Waals surface area (Å²) in [6.45, 7) is 4.09. The van der Waals surface area contributed by atoms with Gasteiger partial charge in [-0.05, 0) is 49.6 Å². The Morgan fingerprint density at radius 1 is 1.03 bits per heavy atom. The number of nitrogens with one attached hydrogen (secondary N) is 3. The minimum atomic E-state index is -1.01. The van der Waals surface area contributed by atoms with E-state index in [9.17, 15) is 19.2 Å². The van der Waals surface area contributed by atoms with Crippen LogP contribution in [0.1, 0.15) is 30.9 Å². The highest BCUT2D eigenvalue weighted by Gasteiger charge is 2.19. The number of hydrogen-bond donors (Lipinski definition) is 4. The Bertz CT molecular complexity index is 1040. The molecule has 0 unspecified atom stereocenters. The molecule has 4 N–H and O–H groups in total. The SMILES string of the molecule is COCCCN(CC(=O)N[C@H](C)CC(=O)O)C(=O)Cc1ccc(NC(=O)Nc2ccccc2C)cc1. The Labute approximate surface area is 211 Å². The van der Waals surface area contributed by atoms with Gasteiger partial charge in [0.25, 0.3) is 0 Å². The van der Waals surface area contributed by atoms with Gasteiger partial charge in [0.05, 0.1) is 19.4 Å². The van der Waals surface area contributed by atoms with E-state index in [-0.39, 0.29) is 31.3 Å². The number of nitrogens with zero attached hydrogens (tertiary/aromatic N) is 1. The van der Waals surface area contributed by atoms with Gasteiger partial charge < -0.3 is 30.7 Å². The van der Waals surface area contributed by atoms with Crippen molar-refractivity contribution in [3.63, 3.8) is 0 Å². The fourth-order valence-electron chi connectivity index (χ4n) is 3.49. The first-order chi connectivity index (χ1) is 17.2. The fraction of sp³-hybridized carbons (Fsp3) is 0.385. The lowest BCUT2D eigenvalue weighted by atomic mass is 10.1. The molecule has 0 spiro atoms. The highest BCUT2D eigenvalue weighted by Crippen LogP contribution is 2.15. The van der Waals surface area contributed by atoms with Gasteiger partial charge in [0.2, 0.25) is 11.8 Å². The van der Waals surface area contributed by atoms with E-state index in [1.807, 2.05) is 31.2 Å². The number of carboxylic acid groups (broad SMARTS) is 1. The zero-order valence-corrected chi connectivity index (χ0v) is 20.9. The van der Waals surface area contributed by atoms with Crippen LogP contribution < -0.4 is 16.0 Å². The van der Waals surface area contributed by atoms with Crippen molar-refractivity contribution in [1.29, 1.82) is 0 Å². The molecule has 0 saturated heterocycles. The largest absolute Gasteiger partial charge is 0.481 e. The van der Waals surface area contributed by atoms with Crippen LogP contribution in [0, 0.1) is 6.92 Å². The van der Waals surface area contributed by atoms with Gasteiger partial charge in [0.15, 0.2) is 0 Å². The van der Waals surface area contributed by atoms with Crippen LogP contribution in [0.25, 0.3) is 0 Å². The smallest absolute Gasteiger partial charge is 0.323 e. The molecule has 0 bridgehead atoms. The summed E-state index contributed by atoms with van der Waals surface area (Å²) in [6, 6.07) is 13.4. The van der Waals surface area contributed by atoms with Crippen LogP contribution in [-0.4, -0.2) is 66.7 Å². The number of amides is 4. The van der Waals surface area contributed by atoms with E-state index in [4.69, 9.17) is 9.84 Å². The zero-order chi connectivity index (χ0) is 26.5. The number of benzene rings is 2. The summed E-state index contributed by atoms with van der Waals surface area (Å²) < 4.78 is 5.05. The maximum Gasteiger partial charge on any atom is 0.323 e. The van der Waals surface area contributed by atoms with Gasteiger partial charge in [-0.1, -0.05) is 30.3 Å². The first-order valence-electron chi connectivity index (χ1n) is 11.7. The highest BCUT2D eigenvalue weighted by atomic mass is 16.5. The van der Waals surface area contributed by atoms with Crippen LogP contribution in [0.5, 0.6) is 0 Å². The number of ether oxygens (including phenoxy) is 1. The third-order valence-corrected chi connectivity index (χ3v) is 5.31. The number of carbonyl (C=O) groups excluding carboxylic acids is 3. The molecular weight excluding hydrogens is 464 g/mol. The first-order valence-corrected chi connectivity index (χ1v) is 11.7. The third kappa shape index (κ3) is 10.1. The summed E-state index contributed by atoms with van der Waals surface area (Å²) in [7, 11) is 1.56. The van der Waals surface area contributed by atoms with Crippen molar-refractivity contribution in [2.45, 2.75) is 39.2 Å². The number of methoxy groups -OCH3 is 1. The highest BCUT2D eigenvalue weighted by molar-refractivity contribution is 6.00. The van der Waals surface area contributed by atoms with Crippen molar-refractivity contribution in [3.05, 3.63) is 59.7 Å². The molecule has 0 fully saturated rings. The number of carboxylic acids is 1. The van der Waals surface area contributed by atoms with Gasteiger partial charge in [0, 0.05) is 37.7 Å². The minimum absolute atomic E-state index is 0.0701. The number of hydrogen-bond acceptors (Lipinski definition) is 5. The Hall–Kier alpha value is -3.92. The normalized spacial score (nSPS) is 11.3. The molecule has 1 atom stereocenters. The van der Waals surface area contributed by atoms with E-state index in [0.717, 1.165) is 11.1 Å². The lowest BCUT2D eigenvalue weighted by Crippen LogP contribution is -2.44. The molecule has 2 aromatic carbocycles. The van der Waals surface area contributed by atoms with Crippen molar-refractivity contribution in [2.24, 2.45) is 0 Å². The van der Waals surface area contributed by atoms with Gasteiger partial charge in [0.1, 0.15) is 0 Å². The monoisotopic (exact) mass is 498 g/mol. The summed E-state index contributed by atoms with van der Waals surface area (Å²) >= 11 is 0. The van der Waals surface area contributed by atoms with Gasteiger partial charge in [-0.2, -0.15) is 0 Å². The van der Waals surface area contributed by atoms with Crippen molar-refractivity contribution < 1.29 is 29.0 Å². The molecule has 0 aromatic heterocycles. The van der Waals surface area contributed by atoms with Gasteiger partial charge in [-0.25, -0.2) is 4.79 Å². The lowest BCUT2D eigenvalue weighted by Gasteiger charge is -2.23. The second-order valence-electron chi connectivity index (χ2n) is 8.50. The number of carbonyl (C=O) groups is 4. The van der Waals surface area contributed by atoms with Crippen molar-refractivity contribution >= 4 is 35.2 Å². The van der Waals surface area contributed by atoms with Crippen LogP contribution in [0.4, 0.5) is 16.2 Å². The number of para-hydroxylation sites is 1. The fourth-order valence-corrected chi connectivity index (χ4v) is 3.49. The summed E-state index contributed by atoms with van der Waals surface area (Å²) in [6.07, 6.45) is 0.423. The number of anilines is 2. The van der Waals surface area contributed by atoms with Crippen LogP contribution >= 0.6 is 0 Å². The van der Waals surface area contributed by atoms with Crippen LogP contribution in [0.2, 0.25) is 0 Å². The molecule has 36 heavy (non-hydrogen) atoms. The van der Waals surface area contributed by atoms with Crippen LogP contribution in [0.15, 0.2) is 48.5 Å². The van der Waals surface area contributed by atoms with E-state index >= 15 is 0 Å². The predicted octanol–water partition coefficient (Wildman–Crippen LogP) is 3.03. The molecule has 0 saturated carbocycles. The molecule has 0 radical (unpaired) electrons. The average Bonchev–Trinajstić information content (AvgIpc) is 2.80. The molecule has 0 heterocycles. The number of rotatable bonds is 13. The van der Waals surface area contributed by atoms with E-state index in [1.165, 1.54) is 4.90 Å². The van der Waals surface area contributed by atoms with E-state index < -0.39 is 17.9 Å². The van der Waals surface area contributed by atoms with Gasteiger partial charge in [-0.15, -0.1) is 0 Å². The molecule has 2 rings (SSSR count). The topological polar surface area (TPSA) is 137 Å². The maximum atomic E-state index is 12.9. The van der Waals surface area contributed by atoms with Crippen LogP contribution in [0.3, 0.4) is 0 Å². The van der Waals surface area contributed by atoms with Crippen LogP contribution in [-0.2, 0) is 25.5 Å². The number of aryl methyl sites for hydroxylation is 1. The predicted molar refractivity (Wildman–Crippen MR) is 137 cm³/mol. The van der Waals surface area contributed by atoms with Crippen molar-refractivity contribution in [3.8, 4) is 0 Å². The van der Waals surface area contributed by atoms with Crippen molar-refractivity contribution in [1.82, 2.24) is 10.2 Å². The van der Waals surface area contributed by atoms with Gasteiger partial charge >= 0.3 is 12.0 Å². The average molecular weight is 499 g/mol. The molecule has 0 aliphatic heterocycles. The molecule has 4 amide bonds. The minimum Gasteiger partial charge on any atom is -0.481 e. The zero-order valence-electron chi connectivity index (χ0n) is 20.9. The van der Waals surface area contributed by atoms with E-state index in [1.54, 1.807) is 38.3 Å². The Morgan fingerprint density at radius 3 is 2.36 bits per heavy atom. The second kappa shape index (κ2) is 14.5. The maximum absolute atomic E-state index is 12.9. The molecule has 0 aliphatic carbocycles. The Kier molecular flexibility index (Phi) is 11.4. The first kappa shape index (κ1) is 28.3. The molecule has 10 heteroatoms. The van der Waals surface area contributed by atoms with Crippen molar-refractivity contribution in [2.75, 3.05) is 37.4 Å². The quantitative estimate of drug-likeness (QED) is 0.313. The summed E-state index contributed by atoms with van der Waals surface area (Å²) in [4.78, 5) is 49.8. The van der Waals surface area contributed by atoms with E-state index in [2.05, 4.69) is 16.0 Å². The molecule has 2 aromatic rings. The Morgan fingerprint density at radius 2 is 1.72 bits per heavy atom. The third-order valence-electron chi connectivity index (χ3n) is 5.31. The lowest BCUT2D eigenvalue weighted by molar-refractivity contribution is -0.138. The van der Waals surface area contributed by atoms with Gasteiger partial charge in [-0.3, -0.25) is 14.4 Å². The second-order valence-corrected chi connectivity index (χ2v) is 8.50. The van der Waals surface area contributed by atoms with E-state index in [0.29, 0.717) is 30.9 Å². The molecule has 194 valence electrons. The number of aliphatic carboxylic acids is 1. The standard InChI is InChI=1S/C26H34N4O6/c1-18-7-4-5-8-22(18)29-26(35)28-21-11-9-20(10-12-21)16-24(32)30(13-6-14-36-3)17-23(31)27-19(2)15-25(33)34/h4-5,7-12,19H,6,13-17H2,1-3H3,(H,27,31)(H,33,34)(H2,28,29,35)/t19-/m1/s1. The molecule has 0 aliphatic rings. The summed E-state index contributed by atoms with van der Waals surface area (Å²) in [5.74, 6) is -1.68. The molecular formula is C26H34N4O6.